The summed E-state index contributed by atoms with van der Waals surface area (Å²) >= 11 is 15.9. The highest BCUT2D eigenvalue weighted by Crippen LogP contribution is 2.24. The standard InChI is InChI=1S/C28H29BrCl2N2O2/c1-3-19(2)32-28(35)26(15-20-8-5-4-6-9-20)33(18-21-10-7-11-23(29)14-21)27(34)16-22-12-13-24(30)17-25(22)31/h4-14,17,19,26H,3,15-16,18H2,1-2H3,(H,32,35)/t19-,26+/m1/s1. The van der Waals surface area contributed by atoms with Crippen molar-refractivity contribution < 1.29 is 9.59 Å². The van der Waals surface area contributed by atoms with Gasteiger partial charge in [0.05, 0.1) is 6.42 Å². The molecule has 4 nitrogen and oxygen atoms in total. The van der Waals surface area contributed by atoms with E-state index >= 15 is 0 Å². The lowest BCUT2D eigenvalue weighted by atomic mass is 10.0. The third-order valence-electron chi connectivity index (χ3n) is 5.87. The summed E-state index contributed by atoms with van der Waals surface area (Å²) in [6.45, 7) is 4.27. The second-order valence-electron chi connectivity index (χ2n) is 8.59. The maximum atomic E-state index is 13.8. The number of amides is 2. The Labute approximate surface area is 225 Å². The summed E-state index contributed by atoms with van der Waals surface area (Å²) < 4.78 is 0.909. The van der Waals surface area contributed by atoms with Crippen molar-refractivity contribution in [1.82, 2.24) is 10.2 Å². The first kappa shape index (κ1) is 27.3. The fourth-order valence-electron chi connectivity index (χ4n) is 3.76. The summed E-state index contributed by atoms with van der Waals surface area (Å²) in [5.41, 5.74) is 2.57. The summed E-state index contributed by atoms with van der Waals surface area (Å²) in [6, 6.07) is 21.9. The Balaban J connectivity index is 1.99. The van der Waals surface area contributed by atoms with Crippen molar-refractivity contribution in [3.8, 4) is 0 Å². The van der Waals surface area contributed by atoms with Gasteiger partial charge in [-0.15, -0.1) is 0 Å². The van der Waals surface area contributed by atoms with Crippen LogP contribution in [0, 0.1) is 0 Å². The fraction of sp³-hybridized carbons (Fsp3) is 0.286. The Morgan fingerprint density at radius 1 is 0.971 bits per heavy atom. The van der Waals surface area contributed by atoms with Gasteiger partial charge in [0.1, 0.15) is 6.04 Å². The average Bonchev–Trinajstić information content (AvgIpc) is 2.83. The SMILES string of the molecule is CC[C@@H](C)NC(=O)[C@H](Cc1ccccc1)N(Cc1cccc(Br)c1)C(=O)Cc1ccc(Cl)cc1Cl. The van der Waals surface area contributed by atoms with Crippen LogP contribution in [0.3, 0.4) is 0 Å². The Morgan fingerprint density at radius 2 is 1.69 bits per heavy atom. The van der Waals surface area contributed by atoms with Gasteiger partial charge in [0, 0.05) is 33.5 Å². The second-order valence-corrected chi connectivity index (χ2v) is 10.3. The van der Waals surface area contributed by atoms with E-state index in [4.69, 9.17) is 23.2 Å². The van der Waals surface area contributed by atoms with Crippen LogP contribution in [-0.2, 0) is 29.0 Å². The molecule has 0 radical (unpaired) electrons. The zero-order valence-electron chi connectivity index (χ0n) is 19.8. The molecule has 0 aliphatic rings. The van der Waals surface area contributed by atoms with Gasteiger partial charge in [0.2, 0.25) is 11.8 Å². The Bertz CT molecular complexity index is 1160. The van der Waals surface area contributed by atoms with Gasteiger partial charge in [-0.25, -0.2) is 0 Å². The first-order valence-corrected chi connectivity index (χ1v) is 13.1. The highest BCUT2D eigenvalue weighted by molar-refractivity contribution is 9.10. The molecule has 0 spiro atoms. The van der Waals surface area contributed by atoms with Gasteiger partial charge in [0.15, 0.2) is 0 Å². The van der Waals surface area contributed by atoms with Crippen molar-refractivity contribution in [3.63, 3.8) is 0 Å². The van der Waals surface area contributed by atoms with E-state index in [0.29, 0.717) is 22.0 Å². The number of hydrogen-bond acceptors (Lipinski definition) is 2. The molecule has 0 bridgehead atoms. The number of nitrogens with one attached hydrogen (secondary N) is 1. The zero-order chi connectivity index (χ0) is 25.4. The largest absolute Gasteiger partial charge is 0.352 e. The smallest absolute Gasteiger partial charge is 0.243 e. The maximum Gasteiger partial charge on any atom is 0.243 e. The van der Waals surface area contributed by atoms with E-state index in [1.807, 2.05) is 68.4 Å². The highest BCUT2D eigenvalue weighted by Gasteiger charge is 2.31. The van der Waals surface area contributed by atoms with Crippen molar-refractivity contribution in [3.05, 3.63) is 104 Å². The number of carbonyl (C=O) groups is 2. The lowest BCUT2D eigenvalue weighted by Gasteiger charge is -2.32. The van der Waals surface area contributed by atoms with Gasteiger partial charge in [0.25, 0.3) is 0 Å². The molecule has 184 valence electrons. The number of halogens is 3. The summed E-state index contributed by atoms with van der Waals surface area (Å²) in [5, 5.41) is 4.01. The van der Waals surface area contributed by atoms with E-state index in [1.165, 1.54) is 0 Å². The topological polar surface area (TPSA) is 49.4 Å². The van der Waals surface area contributed by atoms with E-state index in [9.17, 15) is 9.59 Å². The number of benzene rings is 3. The van der Waals surface area contributed by atoms with Crippen molar-refractivity contribution >= 4 is 50.9 Å². The van der Waals surface area contributed by atoms with Crippen LogP contribution in [0.1, 0.15) is 37.0 Å². The van der Waals surface area contributed by atoms with Crippen LogP contribution < -0.4 is 5.32 Å². The first-order chi connectivity index (χ1) is 16.8. The molecule has 3 rings (SSSR count). The molecule has 1 N–H and O–H groups in total. The molecule has 0 saturated heterocycles. The summed E-state index contributed by atoms with van der Waals surface area (Å²) in [4.78, 5) is 29.0. The van der Waals surface area contributed by atoms with Crippen LogP contribution in [0.5, 0.6) is 0 Å². The minimum absolute atomic E-state index is 0.00527. The predicted octanol–water partition coefficient (Wildman–Crippen LogP) is 6.85. The zero-order valence-corrected chi connectivity index (χ0v) is 22.9. The average molecular weight is 576 g/mol. The minimum Gasteiger partial charge on any atom is -0.352 e. The number of rotatable bonds is 10. The predicted molar refractivity (Wildman–Crippen MR) is 147 cm³/mol. The van der Waals surface area contributed by atoms with Gasteiger partial charge in [-0.2, -0.15) is 0 Å². The summed E-state index contributed by atoms with van der Waals surface area (Å²) in [5.74, 6) is -0.358. The third kappa shape index (κ3) is 8.09. The molecule has 3 aromatic rings. The minimum atomic E-state index is -0.691. The molecule has 2 atom stereocenters. The van der Waals surface area contributed by atoms with Crippen LogP contribution >= 0.6 is 39.1 Å². The molecular formula is C28H29BrCl2N2O2. The Hall–Kier alpha value is -2.34. The van der Waals surface area contributed by atoms with Crippen molar-refractivity contribution in [2.45, 2.75) is 51.7 Å². The molecule has 0 fully saturated rings. The molecule has 0 unspecified atom stereocenters. The molecule has 2 amide bonds. The molecule has 0 aliphatic heterocycles. The van der Waals surface area contributed by atoms with E-state index in [0.717, 1.165) is 22.0 Å². The van der Waals surface area contributed by atoms with Gasteiger partial charge in [-0.3, -0.25) is 9.59 Å². The molecule has 0 aliphatic carbocycles. The third-order valence-corrected chi connectivity index (χ3v) is 6.95. The van der Waals surface area contributed by atoms with Crippen LogP contribution in [0.4, 0.5) is 0 Å². The fourth-order valence-corrected chi connectivity index (χ4v) is 4.68. The molecule has 35 heavy (non-hydrogen) atoms. The van der Waals surface area contributed by atoms with Crippen LogP contribution in [0.15, 0.2) is 77.3 Å². The highest BCUT2D eigenvalue weighted by atomic mass is 79.9. The quantitative estimate of drug-likeness (QED) is 0.287. The van der Waals surface area contributed by atoms with E-state index in [1.54, 1.807) is 23.1 Å². The first-order valence-electron chi connectivity index (χ1n) is 11.6. The normalized spacial score (nSPS) is 12.6. The van der Waals surface area contributed by atoms with E-state index < -0.39 is 6.04 Å². The molecule has 0 saturated carbocycles. The molecule has 0 aromatic heterocycles. The molecule has 0 heterocycles. The van der Waals surface area contributed by atoms with E-state index in [2.05, 4.69) is 21.2 Å². The summed E-state index contributed by atoms with van der Waals surface area (Å²) in [7, 11) is 0. The monoisotopic (exact) mass is 574 g/mol. The Morgan fingerprint density at radius 3 is 2.34 bits per heavy atom. The lowest BCUT2D eigenvalue weighted by Crippen LogP contribution is -2.52. The van der Waals surface area contributed by atoms with Crippen molar-refractivity contribution in [2.75, 3.05) is 0 Å². The van der Waals surface area contributed by atoms with Crippen LogP contribution in [0.2, 0.25) is 10.0 Å². The van der Waals surface area contributed by atoms with Crippen molar-refractivity contribution in [2.24, 2.45) is 0 Å². The Kier molecular flexibility index (Phi) is 10.2. The van der Waals surface area contributed by atoms with E-state index in [-0.39, 0.29) is 30.8 Å². The van der Waals surface area contributed by atoms with Crippen molar-refractivity contribution in [1.29, 1.82) is 0 Å². The van der Waals surface area contributed by atoms with Gasteiger partial charge < -0.3 is 10.2 Å². The number of nitrogens with zero attached hydrogens (tertiary/aromatic N) is 1. The van der Waals surface area contributed by atoms with Crippen LogP contribution in [-0.4, -0.2) is 28.8 Å². The lowest BCUT2D eigenvalue weighted by molar-refractivity contribution is -0.141. The van der Waals surface area contributed by atoms with Gasteiger partial charge >= 0.3 is 0 Å². The van der Waals surface area contributed by atoms with Gasteiger partial charge in [-0.1, -0.05) is 94.6 Å². The van der Waals surface area contributed by atoms with Crippen LogP contribution in [0.25, 0.3) is 0 Å². The maximum absolute atomic E-state index is 13.8. The number of hydrogen-bond donors (Lipinski definition) is 1. The molecule has 3 aromatic carbocycles. The second kappa shape index (κ2) is 13.1. The molecule has 7 heteroatoms. The summed E-state index contributed by atoms with van der Waals surface area (Å²) in [6.07, 6.45) is 1.26. The number of carbonyl (C=O) groups excluding carboxylic acids is 2. The molecular weight excluding hydrogens is 547 g/mol. The van der Waals surface area contributed by atoms with Gasteiger partial charge in [-0.05, 0) is 54.3 Å².